The molecular weight excluding hydrogens is 257 g/mol. The summed E-state index contributed by atoms with van der Waals surface area (Å²) in [6.45, 7) is 0.433. The Morgan fingerprint density at radius 1 is 1.18 bits per heavy atom. The summed E-state index contributed by atoms with van der Waals surface area (Å²) in [5.41, 5.74) is 7.96. The van der Waals surface area contributed by atoms with Crippen molar-refractivity contribution in [2.24, 2.45) is 5.73 Å². The predicted octanol–water partition coefficient (Wildman–Crippen LogP) is 3.59. The molecule has 0 fully saturated rings. The van der Waals surface area contributed by atoms with Crippen LogP contribution in [-0.2, 0) is 6.54 Å². The van der Waals surface area contributed by atoms with Crippen molar-refractivity contribution >= 4 is 34.6 Å². The van der Waals surface area contributed by atoms with E-state index in [0.29, 0.717) is 16.6 Å². The Balaban J connectivity index is 2.19. The third-order valence-electron chi connectivity index (χ3n) is 2.24. The molecule has 0 aliphatic heterocycles. The van der Waals surface area contributed by atoms with Crippen molar-refractivity contribution < 1.29 is 0 Å². The van der Waals surface area contributed by atoms with Crippen molar-refractivity contribution in [2.45, 2.75) is 6.54 Å². The van der Waals surface area contributed by atoms with Crippen LogP contribution in [0.1, 0.15) is 5.69 Å². The molecule has 1 aromatic carbocycles. The van der Waals surface area contributed by atoms with Gasteiger partial charge in [-0.2, -0.15) is 0 Å². The molecule has 0 saturated heterocycles. The van der Waals surface area contributed by atoms with Gasteiger partial charge in [0.15, 0.2) is 0 Å². The van der Waals surface area contributed by atoms with Gasteiger partial charge in [0.05, 0.1) is 28.3 Å². The third kappa shape index (κ3) is 3.09. The highest BCUT2D eigenvalue weighted by Gasteiger charge is 2.02. The standard InChI is InChI=1S/C12H11Cl2N3/c13-8-1-4-12(11(14)5-8)17-10-3-2-9(6-15)16-7-10/h1-5,7,17H,6,15H2. The van der Waals surface area contributed by atoms with Crippen molar-refractivity contribution in [1.82, 2.24) is 4.98 Å². The van der Waals surface area contributed by atoms with Gasteiger partial charge in [-0.15, -0.1) is 0 Å². The van der Waals surface area contributed by atoms with Crippen LogP contribution < -0.4 is 11.1 Å². The van der Waals surface area contributed by atoms with Crippen molar-refractivity contribution in [3.63, 3.8) is 0 Å². The van der Waals surface area contributed by atoms with E-state index in [2.05, 4.69) is 10.3 Å². The average Bonchev–Trinajstić information content (AvgIpc) is 2.34. The zero-order valence-electron chi connectivity index (χ0n) is 8.95. The van der Waals surface area contributed by atoms with Crippen molar-refractivity contribution in [3.05, 3.63) is 52.3 Å². The first-order valence-electron chi connectivity index (χ1n) is 5.06. The number of pyridine rings is 1. The normalized spacial score (nSPS) is 10.3. The average molecular weight is 268 g/mol. The van der Waals surface area contributed by atoms with Crippen LogP contribution in [0.2, 0.25) is 10.0 Å². The molecule has 1 heterocycles. The molecule has 0 radical (unpaired) electrons. The topological polar surface area (TPSA) is 50.9 Å². The molecule has 0 atom stereocenters. The second-order valence-electron chi connectivity index (χ2n) is 3.49. The van der Waals surface area contributed by atoms with Crippen LogP contribution in [0.3, 0.4) is 0 Å². The van der Waals surface area contributed by atoms with Gasteiger partial charge in [0.25, 0.3) is 0 Å². The van der Waals surface area contributed by atoms with Gasteiger partial charge in [0.1, 0.15) is 0 Å². The lowest BCUT2D eigenvalue weighted by Gasteiger charge is -2.08. The first-order chi connectivity index (χ1) is 8.19. The number of halogens is 2. The maximum atomic E-state index is 6.05. The molecule has 5 heteroatoms. The Morgan fingerprint density at radius 2 is 2.00 bits per heavy atom. The summed E-state index contributed by atoms with van der Waals surface area (Å²) in [4.78, 5) is 4.18. The zero-order chi connectivity index (χ0) is 12.3. The summed E-state index contributed by atoms with van der Waals surface area (Å²) in [5, 5.41) is 4.34. The van der Waals surface area contributed by atoms with E-state index in [9.17, 15) is 0 Å². The maximum Gasteiger partial charge on any atom is 0.0655 e. The van der Waals surface area contributed by atoms with E-state index in [1.165, 1.54) is 0 Å². The molecule has 0 spiro atoms. The highest BCUT2D eigenvalue weighted by atomic mass is 35.5. The number of rotatable bonds is 3. The summed E-state index contributed by atoms with van der Waals surface area (Å²) in [7, 11) is 0. The largest absolute Gasteiger partial charge is 0.353 e. The van der Waals surface area contributed by atoms with E-state index >= 15 is 0 Å². The molecule has 1 aromatic heterocycles. The summed E-state index contributed by atoms with van der Waals surface area (Å²) in [6, 6.07) is 9.05. The lowest BCUT2D eigenvalue weighted by Crippen LogP contribution is -1.99. The van der Waals surface area contributed by atoms with Gasteiger partial charge < -0.3 is 11.1 Å². The van der Waals surface area contributed by atoms with Crippen LogP contribution in [0.25, 0.3) is 0 Å². The minimum Gasteiger partial charge on any atom is -0.353 e. The minimum absolute atomic E-state index is 0.433. The highest BCUT2D eigenvalue weighted by molar-refractivity contribution is 6.36. The lowest BCUT2D eigenvalue weighted by molar-refractivity contribution is 0.991. The summed E-state index contributed by atoms with van der Waals surface area (Å²) in [5.74, 6) is 0. The number of nitrogens with zero attached hydrogens (tertiary/aromatic N) is 1. The van der Waals surface area contributed by atoms with E-state index in [4.69, 9.17) is 28.9 Å². The molecule has 2 aromatic rings. The SMILES string of the molecule is NCc1ccc(Nc2ccc(Cl)cc2Cl)cn1. The van der Waals surface area contributed by atoms with Crippen LogP contribution in [0, 0.1) is 0 Å². The fraction of sp³-hybridized carbons (Fsp3) is 0.0833. The number of hydrogen-bond donors (Lipinski definition) is 2. The van der Waals surface area contributed by atoms with Gasteiger partial charge in [-0.25, -0.2) is 0 Å². The zero-order valence-corrected chi connectivity index (χ0v) is 10.5. The fourth-order valence-corrected chi connectivity index (χ4v) is 1.82. The lowest BCUT2D eigenvalue weighted by atomic mass is 10.3. The van der Waals surface area contributed by atoms with E-state index < -0.39 is 0 Å². The molecule has 0 saturated carbocycles. The van der Waals surface area contributed by atoms with Crippen LogP contribution in [-0.4, -0.2) is 4.98 Å². The Morgan fingerprint density at radius 3 is 2.59 bits per heavy atom. The van der Waals surface area contributed by atoms with E-state index in [1.807, 2.05) is 18.2 Å². The molecule has 3 N–H and O–H groups in total. The van der Waals surface area contributed by atoms with Gasteiger partial charge in [-0.05, 0) is 30.3 Å². The highest BCUT2D eigenvalue weighted by Crippen LogP contribution is 2.27. The Kier molecular flexibility index (Phi) is 3.84. The summed E-state index contributed by atoms with van der Waals surface area (Å²) < 4.78 is 0. The molecule has 88 valence electrons. The first kappa shape index (κ1) is 12.2. The fourth-order valence-electron chi connectivity index (χ4n) is 1.37. The Labute approximate surface area is 110 Å². The minimum atomic E-state index is 0.433. The number of nitrogens with two attached hydrogens (primary N) is 1. The smallest absolute Gasteiger partial charge is 0.0655 e. The Bertz CT molecular complexity index is 512. The molecular formula is C12H11Cl2N3. The van der Waals surface area contributed by atoms with Crippen molar-refractivity contribution in [2.75, 3.05) is 5.32 Å². The molecule has 0 bridgehead atoms. The van der Waals surface area contributed by atoms with Crippen molar-refractivity contribution in [3.8, 4) is 0 Å². The number of hydrogen-bond acceptors (Lipinski definition) is 3. The monoisotopic (exact) mass is 267 g/mol. The van der Waals surface area contributed by atoms with E-state index in [0.717, 1.165) is 17.1 Å². The molecule has 2 rings (SSSR count). The van der Waals surface area contributed by atoms with E-state index in [1.54, 1.807) is 18.3 Å². The number of nitrogens with one attached hydrogen (secondary N) is 1. The van der Waals surface area contributed by atoms with Crippen LogP contribution in [0.4, 0.5) is 11.4 Å². The first-order valence-corrected chi connectivity index (χ1v) is 5.81. The predicted molar refractivity (Wildman–Crippen MR) is 71.9 cm³/mol. The van der Waals surface area contributed by atoms with Gasteiger partial charge in [-0.3, -0.25) is 4.98 Å². The molecule has 0 amide bonds. The molecule has 3 nitrogen and oxygen atoms in total. The Hall–Kier alpha value is -1.29. The number of benzene rings is 1. The van der Waals surface area contributed by atoms with E-state index in [-0.39, 0.29) is 0 Å². The molecule has 0 aliphatic carbocycles. The van der Waals surface area contributed by atoms with Gasteiger partial charge in [-0.1, -0.05) is 23.2 Å². The third-order valence-corrected chi connectivity index (χ3v) is 2.79. The molecule has 0 unspecified atom stereocenters. The summed E-state index contributed by atoms with van der Waals surface area (Å²) >= 11 is 11.9. The molecule has 0 aliphatic rings. The second-order valence-corrected chi connectivity index (χ2v) is 4.34. The van der Waals surface area contributed by atoms with Gasteiger partial charge >= 0.3 is 0 Å². The van der Waals surface area contributed by atoms with Crippen LogP contribution >= 0.6 is 23.2 Å². The van der Waals surface area contributed by atoms with Gasteiger partial charge in [0, 0.05) is 11.6 Å². The van der Waals surface area contributed by atoms with Crippen LogP contribution in [0.5, 0.6) is 0 Å². The number of aromatic nitrogens is 1. The maximum absolute atomic E-state index is 6.05. The second kappa shape index (κ2) is 5.36. The summed E-state index contributed by atoms with van der Waals surface area (Å²) in [6.07, 6.45) is 1.72. The quantitative estimate of drug-likeness (QED) is 0.894. The van der Waals surface area contributed by atoms with Crippen molar-refractivity contribution in [1.29, 1.82) is 0 Å². The van der Waals surface area contributed by atoms with Gasteiger partial charge in [0.2, 0.25) is 0 Å². The number of anilines is 2. The van der Waals surface area contributed by atoms with Crippen LogP contribution in [0.15, 0.2) is 36.5 Å². The molecule has 17 heavy (non-hydrogen) atoms.